The number of pyridine rings is 1. The third-order valence-electron chi connectivity index (χ3n) is 5.99. The first-order valence-corrected chi connectivity index (χ1v) is 11.7. The lowest BCUT2D eigenvalue weighted by molar-refractivity contribution is -0.138. The van der Waals surface area contributed by atoms with Crippen molar-refractivity contribution < 1.29 is 22.8 Å². The number of aromatic nitrogens is 3. The fraction of sp³-hybridized carbons (Fsp3) is 0.250. The number of nitriles is 1. The van der Waals surface area contributed by atoms with Crippen LogP contribution >= 0.6 is 23.8 Å². The first-order valence-electron chi connectivity index (χ1n) is 11.0. The summed E-state index contributed by atoms with van der Waals surface area (Å²) < 4.78 is 42.1. The van der Waals surface area contributed by atoms with Gasteiger partial charge in [0.2, 0.25) is 0 Å². The molecule has 14 heteroatoms. The minimum Gasteiger partial charge on any atom is -0.347 e. The van der Waals surface area contributed by atoms with Crippen molar-refractivity contribution in [2.75, 3.05) is 9.80 Å². The van der Waals surface area contributed by atoms with E-state index in [1.54, 1.807) is 43.7 Å². The highest BCUT2D eigenvalue weighted by Gasteiger charge is 2.51. The van der Waals surface area contributed by atoms with Crippen LogP contribution in [0.3, 0.4) is 0 Å². The fourth-order valence-corrected chi connectivity index (χ4v) is 4.76. The standard InChI is InChI=1S/C24H19ClF3N7O2S/c1-23(2)21(37)34(15-6-16(24(26,27)28)18(8-29)31-10-15)22(38)35(23)14-5-4-13(17(25)7-14)9-32-20(36)19-11-30-12-33(19)3/h4-7,10-12H,9H2,1-3H3,(H,32,36). The Morgan fingerprint density at radius 3 is 2.53 bits per heavy atom. The molecule has 1 saturated heterocycles. The van der Waals surface area contributed by atoms with Gasteiger partial charge in [-0.1, -0.05) is 17.7 Å². The van der Waals surface area contributed by atoms with E-state index in [9.17, 15) is 22.8 Å². The molecule has 1 aliphatic rings. The summed E-state index contributed by atoms with van der Waals surface area (Å²) >= 11 is 12.0. The summed E-state index contributed by atoms with van der Waals surface area (Å²) in [7, 11) is 1.69. The number of hydrogen-bond acceptors (Lipinski definition) is 6. The molecule has 0 unspecified atom stereocenters. The van der Waals surface area contributed by atoms with Crippen molar-refractivity contribution in [2.45, 2.75) is 32.1 Å². The van der Waals surface area contributed by atoms with Crippen molar-refractivity contribution in [3.8, 4) is 6.07 Å². The number of alkyl halides is 3. The maximum absolute atomic E-state index is 13.5. The number of hydrogen-bond donors (Lipinski definition) is 1. The van der Waals surface area contributed by atoms with Gasteiger partial charge in [-0.2, -0.15) is 18.4 Å². The van der Waals surface area contributed by atoms with Crippen LogP contribution in [0.15, 0.2) is 43.0 Å². The monoisotopic (exact) mass is 561 g/mol. The fourth-order valence-electron chi connectivity index (χ4n) is 4.00. The van der Waals surface area contributed by atoms with Gasteiger partial charge < -0.3 is 14.8 Å². The maximum atomic E-state index is 13.5. The van der Waals surface area contributed by atoms with Gasteiger partial charge in [0.25, 0.3) is 11.8 Å². The van der Waals surface area contributed by atoms with Gasteiger partial charge in [-0.3, -0.25) is 14.5 Å². The molecule has 3 heterocycles. The third kappa shape index (κ3) is 4.68. The molecule has 0 atom stereocenters. The molecule has 1 aromatic carbocycles. The Kier molecular flexibility index (Phi) is 6.90. The number of halogens is 4. The second kappa shape index (κ2) is 9.70. The molecule has 2 aromatic heterocycles. The highest BCUT2D eigenvalue weighted by Crippen LogP contribution is 2.39. The molecule has 0 radical (unpaired) electrons. The number of aryl methyl sites for hydroxylation is 1. The Morgan fingerprint density at radius 1 is 1.24 bits per heavy atom. The number of thiocarbonyl (C=S) groups is 1. The average molecular weight is 562 g/mol. The summed E-state index contributed by atoms with van der Waals surface area (Å²) in [5, 5.41) is 12.0. The van der Waals surface area contributed by atoms with E-state index < -0.39 is 28.9 Å². The molecule has 38 heavy (non-hydrogen) atoms. The van der Waals surface area contributed by atoms with Crippen LogP contribution in [0.4, 0.5) is 24.5 Å². The smallest absolute Gasteiger partial charge is 0.347 e. The highest BCUT2D eigenvalue weighted by atomic mass is 35.5. The Bertz CT molecular complexity index is 1510. The van der Waals surface area contributed by atoms with Gasteiger partial charge in [0, 0.05) is 24.3 Å². The van der Waals surface area contributed by atoms with E-state index in [-0.39, 0.29) is 28.3 Å². The Morgan fingerprint density at radius 2 is 1.95 bits per heavy atom. The number of nitrogens with one attached hydrogen (secondary N) is 1. The molecule has 0 spiro atoms. The molecule has 0 bridgehead atoms. The van der Waals surface area contributed by atoms with Crippen molar-refractivity contribution in [3.63, 3.8) is 0 Å². The van der Waals surface area contributed by atoms with Crippen molar-refractivity contribution >= 4 is 52.1 Å². The summed E-state index contributed by atoms with van der Waals surface area (Å²) in [5.41, 5.74) is -2.22. The number of amides is 2. The number of carbonyl (C=O) groups is 2. The van der Waals surface area contributed by atoms with Crippen LogP contribution in [0.2, 0.25) is 5.02 Å². The van der Waals surface area contributed by atoms with Gasteiger partial charge in [0.1, 0.15) is 17.3 Å². The van der Waals surface area contributed by atoms with E-state index in [1.165, 1.54) is 23.5 Å². The lowest BCUT2D eigenvalue weighted by atomic mass is 10.0. The van der Waals surface area contributed by atoms with Crippen LogP contribution in [0.25, 0.3) is 0 Å². The lowest BCUT2D eigenvalue weighted by Crippen LogP contribution is -2.44. The Hall–Kier alpha value is -4.02. The summed E-state index contributed by atoms with van der Waals surface area (Å²) in [6.45, 7) is 3.25. The molecular weight excluding hydrogens is 543 g/mol. The molecule has 196 valence electrons. The molecule has 3 aromatic rings. The van der Waals surface area contributed by atoms with Gasteiger partial charge >= 0.3 is 6.18 Å². The third-order valence-corrected chi connectivity index (χ3v) is 6.71. The Labute approximate surface area is 225 Å². The number of rotatable bonds is 5. The maximum Gasteiger partial charge on any atom is 0.419 e. The van der Waals surface area contributed by atoms with Gasteiger partial charge in [0.15, 0.2) is 10.8 Å². The number of benzene rings is 1. The zero-order valence-corrected chi connectivity index (χ0v) is 21.7. The second-order valence-corrected chi connectivity index (χ2v) is 9.64. The largest absolute Gasteiger partial charge is 0.419 e. The predicted molar refractivity (Wildman–Crippen MR) is 136 cm³/mol. The quantitative estimate of drug-likeness (QED) is 0.465. The van der Waals surface area contributed by atoms with Crippen LogP contribution in [0.1, 0.15) is 41.2 Å². The first kappa shape index (κ1) is 27.0. The lowest BCUT2D eigenvalue weighted by Gasteiger charge is -2.29. The molecule has 1 fully saturated rings. The normalized spacial score (nSPS) is 15.1. The van der Waals surface area contributed by atoms with Crippen LogP contribution in [-0.2, 0) is 24.6 Å². The molecule has 1 N–H and O–H groups in total. The Balaban J connectivity index is 1.62. The second-order valence-electron chi connectivity index (χ2n) is 8.86. The highest BCUT2D eigenvalue weighted by molar-refractivity contribution is 7.81. The minimum absolute atomic E-state index is 0.0899. The first-order chi connectivity index (χ1) is 17.8. The van der Waals surface area contributed by atoms with Crippen molar-refractivity contribution in [1.29, 1.82) is 5.26 Å². The van der Waals surface area contributed by atoms with E-state index in [0.717, 1.165) is 11.1 Å². The minimum atomic E-state index is -4.86. The number of nitrogens with zero attached hydrogens (tertiary/aromatic N) is 6. The molecule has 1 aliphatic heterocycles. The molecule has 0 aliphatic carbocycles. The zero-order chi connectivity index (χ0) is 28.0. The number of carbonyl (C=O) groups excluding carboxylic acids is 2. The predicted octanol–water partition coefficient (Wildman–Crippen LogP) is 4.21. The van der Waals surface area contributed by atoms with Crippen LogP contribution in [-0.4, -0.2) is 37.0 Å². The molecule has 0 saturated carbocycles. The molecule has 4 rings (SSSR count). The van der Waals surface area contributed by atoms with E-state index in [4.69, 9.17) is 29.1 Å². The summed E-state index contributed by atoms with van der Waals surface area (Å²) in [4.78, 5) is 35.6. The number of imidazole rings is 1. The SMILES string of the molecule is Cn1cncc1C(=O)NCc1ccc(N2C(=S)N(c3cnc(C#N)c(C(F)(F)F)c3)C(=O)C2(C)C)cc1Cl. The van der Waals surface area contributed by atoms with Crippen molar-refractivity contribution in [3.05, 3.63) is 70.5 Å². The van der Waals surface area contributed by atoms with Gasteiger partial charge in [-0.05, 0) is 49.8 Å². The summed E-state index contributed by atoms with van der Waals surface area (Å²) in [6, 6.07) is 6.93. The van der Waals surface area contributed by atoms with Gasteiger partial charge in [-0.15, -0.1) is 0 Å². The topological polar surface area (TPSA) is 107 Å². The van der Waals surface area contributed by atoms with Crippen molar-refractivity contribution in [1.82, 2.24) is 19.9 Å². The van der Waals surface area contributed by atoms with Crippen LogP contribution in [0.5, 0.6) is 0 Å². The zero-order valence-electron chi connectivity index (χ0n) is 20.2. The van der Waals surface area contributed by atoms with E-state index in [2.05, 4.69) is 15.3 Å². The molecule has 2 amide bonds. The molecular formula is C24H19ClF3N7O2S. The van der Waals surface area contributed by atoms with Gasteiger partial charge in [-0.25, -0.2) is 9.97 Å². The average Bonchev–Trinajstić information content (AvgIpc) is 3.35. The van der Waals surface area contributed by atoms with Crippen LogP contribution in [0, 0.1) is 11.3 Å². The van der Waals surface area contributed by atoms with Crippen LogP contribution < -0.4 is 15.1 Å². The summed E-state index contributed by atoms with van der Waals surface area (Å²) in [6.07, 6.45) is -0.929. The number of anilines is 2. The van der Waals surface area contributed by atoms with E-state index >= 15 is 0 Å². The van der Waals surface area contributed by atoms with Gasteiger partial charge in [0.05, 0.1) is 30.0 Å². The molecule has 9 nitrogen and oxygen atoms in total. The summed E-state index contributed by atoms with van der Waals surface area (Å²) in [5.74, 6) is -0.937. The van der Waals surface area contributed by atoms with E-state index in [0.29, 0.717) is 23.0 Å². The van der Waals surface area contributed by atoms with Crippen molar-refractivity contribution in [2.24, 2.45) is 7.05 Å². The van der Waals surface area contributed by atoms with E-state index in [1.807, 2.05) is 0 Å².